The molecule has 0 spiro atoms. The zero-order valence-corrected chi connectivity index (χ0v) is 14.6. The lowest BCUT2D eigenvalue weighted by Gasteiger charge is -2.35. The molecule has 2 amide bonds. The van der Waals surface area contributed by atoms with Crippen LogP contribution in [0.2, 0.25) is 0 Å². The molecule has 0 aliphatic carbocycles. The Hall–Kier alpha value is -2.26. The second kappa shape index (κ2) is 6.57. The van der Waals surface area contributed by atoms with Gasteiger partial charge < -0.3 is 14.5 Å². The maximum absolute atomic E-state index is 13.0. The Bertz CT molecular complexity index is 656. The molecule has 1 aliphatic rings. The Balaban J connectivity index is 2.04. The minimum atomic E-state index is -4.70. The molecular weight excluding hydrogens is 341 g/mol. The van der Waals surface area contributed by atoms with E-state index in [0.29, 0.717) is 0 Å². The molecule has 7 nitrogen and oxygen atoms in total. The predicted octanol–water partition coefficient (Wildman–Crippen LogP) is 2.13. The smallest absolute Gasteiger partial charge is 0.435 e. The normalized spacial score (nSPS) is 16.1. The van der Waals surface area contributed by atoms with E-state index in [4.69, 9.17) is 4.74 Å². The maximum Gasteiger partial charge on any atom is 0.435 e. The molecule has 0 saturated carbocycles. The van der Waals surface area contributed by atoms with Crippen molar-refractivity contribution in [2.45, 2.75) is 32.5 Å². The minimum absolute atomic E-state index is 0.129. The predicted molar refractivity (Wildman–Crippen MR) is 81.9 cm³/mol. The number of aromatic nitrogens is 2. The molecule has 1 aromatic heterocycles. The quantitative estimate of drug-likeness (QED) is 0.768. The third kappa shape index (κ3) is 4.64. The summed E-state index contributed by atoms with van der Waals surface area (Å²) in [7, 11) is 1.33. The van der Waals surface area contributed by atoms with E-state index in [9.17, 15) is 22.8 Å². The lowest BCUT2D eigenvalue weighted by Crippen LogP contribution is -2.51. The molecule has 0 radical (unpaired) electrons. The fourth-order valence-electron chi connectivity index (χ4n) is 2.44. The first-order valence-electron chi connectivity index (χ1n) is 7.76. The van der Waals surface area contributed by atoms with Gasteiger partial charge in [-0.2, -0.15) is 18.3 Å². The number of hydrogen-bond donors (Lipinski definition) is 0. The molecular formula is C15H21F3N4O3. The van der Waals surface area contributed by atoms with E-state index < -0.39 is 35.0 Å². The van der Waals surface area contributed by atoms with Crippen LogP contribution in [-0.2, 0) is 18.0 Å². The van der Waals surface area contributed by atoms with Crippen LogP contribution in [0.3, 0.4) is 0 Å². The van der Waals surface area contributed by atoms with Gasteiger partial charge in [0.2, 0.25) is 0 Å². The van der Waals surface area contributed by atoms with Crippen molar-refractivity contribution in [1.82, 2.24) is 19.6 Å². The van der Waals surface area contributed by atoms with Gasteiger partial charge in [-0.3, -0.25) is 9.48 Å². The second-order valence-electron chi connectivity index (χ2n) is 6.82. The number of aryl methyl sites for hydroxylation is 1. The largest absolute Gasteiger partial charge is 0.444 e. The standard InChI is InChI=1S/C15H21F3N4O3/c1-14(2,3)25-13(24)22-7-5-21(6-8-22)12(23)10-9-20(4)19-11(10)15(16,17)18/h9H,5-8H2,1-4H3. The molecule has 2 heterocycles. The monoisotopic (exact) mass is 362 g/mol. The van der Waals surface area contributed by atoms with Gasteiger partial charge in [-0.05, 0) is 20.8 Å². The average molecular weight is 362 g/mol. The number of carbonyl (C=O) groups is 2. The van der Waals surface area contributed by atoms with Crippen LogP contribution in [0.1, 0.15) is 36.8 Å². The van der Waals surface area contributed by atoms with Crippen molar-refractivity contribution in [3.05, 3.63) is 17.5 Å². The molecule has 0 N–H and O–H groups in total. The van der Waals surface area contributed by atoms with Gasteiger partial charge in [0.05, 0.1) is 5.56 Å². The highest BCUT2D eigenvalue weighted by molar-refractivity contribution is 5.95. The van der Waals surface area contributed by atoms with E-state index in [1.807, 2.05) is 0 Å². The van der Waals surface area contributed by atoms with E-state index >= 15 is 0 Å². The lowest BCUT2D eigenvalue weighted by molar-refractivity contribution is -0.141. The number of halogens is 3. The van der Waals surface area contributed by atoms with E-state index in [1.54, 1.807) is 20.8 Å². The molecule has 25 heavy (non-hydrogen) atoms. The van der Waals surface area contributed by atoms with Crippen molar-refractivity contribution in [1.29, 1.82) is 0 Å². The lowest BCUT2D eigenvalue weighted by atomic mass is 10.2. The number of hydrogen-bond acceptors (Lipinski definition) is 4. The number of rotatable bonds is 1. The summed E-state index contributed by atoms with van der Waals surface area (Å²) in [6.45, 7) is 5.88. The number of alkyl halides is 3. The molecule has 0 unspecified atom stereocenters. The second-order valence-corrected chi connectivity index (χ2v) is 6.82. The van der Waals surface area contributed by atoms with Crippen LogP contribution in [-0.4, -0.2) is 63.4 Å². The van der Waals surface area contributed by atoms with Crippen molar-refractivity contribution < 1.29 is 27.5 Å². The first-order valence-corrected chi connectivity index (χ1v) is 7.76. The highest BCUT2D eigenvalue weighted by atomic mass is 19.4. The maximum atomic E-state index is 13.0. The van der Waals surface area contributed by atoms with Gasteiger partial charge in [0.15, 0.2) is 5.69 Å². The van der Waals surface area contributed by atoms with Gasteiger partial charge in [-0.1, -0.05) is 0 Å². The molecule has 140 valence electrons. The molecule has 2 rings (SSSR count). The Morgan fingerprint density at radius 1 is 1.08 bits per heavy atom. The minimum Gasteiger partial charge on any atom is -0.444 e. The fraction of sp³-hybridized carbons (Fsp3) is 0.667. The number of nitrogens with zero attached hydrogens (tertiary/aromatic N) is 4. The number of carbonyl (C=O) groups excluding carboxylic acids is 2. The molecule has 1 aromatic rings. The Kier molecular flexibility index (Phi) is 5.01. The van der Waals surface area contributed by atoms with Crippen molar-refractivity contribution in [3.63, 3.8) is 0 Å². The highest BCUT2D eigenvalue weighted by Crippen LogP contribution is 2.31. The molecule has 1 fully saturated rings. The Labute approximate surface area is 143 Å². The summed E-state index contributed by atoms with van der Waals surface area (Å²) in [5.41, 5.74) is -2.32. The fourth-order valence-corrected chi connectivity index (χ4v) is 2.44. The van der Waals surface area contributed by atoms with Crippen LogP contribution in [0.25, 0.3) is 0 Å². The number of piperazine rings is 1. The first-order chi connectivity index (χ1) is 11.4. The van der Waals surface area contributed by atoms with Gasteiger partial charge >= 0.3 is 12.3 Å². The molecule has 0 aromatic carbocycles. The summed E-state index contributed by atoms with van der Waals surface area (Å²) >= 11 is 0. The summed E-state index contributed by atoms with van der Waals surface area (Å²) in [5, 5.41) is 3.34. The molecule has 1 saturated heterocycles. The van der Waals surface area contributed by atoms with Crippen LogP contribution in [0.15, 0.2) is 6.20 Å². The summed E-state index contributed by atoms with van der Waals surface area (Å²) in [6.07, 6.45) is -4.15. The van der Waals surface area contributed by atoms with Gasteiger partial charge in [0, 0.05) is 39.4 Å². The Morgan fingerprint density at radius 3 is 2.08 bits per heavy atom. The van der Waals surface area contributed by atoms with Crippen LogP contribution < -0.4 is 0 Å². The van der Waals surface area contributed by atoms with Crippen molar-refractivity contribution in [2.75, 3.05) is 26.2 Å². The van der Waals surface area contributed by atoms with Crippen LogP contribution in [0.4, 0.5) is 18.0 Å². The third-order valence-corrected chi connectivity index (χ3v) is 3.55. The number of amides is 2. The number of ether oxygens (including phenoxy) is 1. The average Bonchev–Trinajstić information content (AvgIpc) is 2.87. The van der Waals surface area contributed by atoms with E-state index in [0.717, 1.165) is 10.9 Å². The van der Waals surface area contributed by atoms with Gasteiger partial charge in [0.25, 0.3) is 5.91 Å². The van der Waals surface area contributed by atoms with Crippen LogP contribution >= 0.6 is 0 Å². The van der Waals surface area contributed by atoms with Crippen molar-refractivity contribution in [2.24, 2.45) is 7.05 Å². The van der Waals surface area contributed by atoms with Crippen LogP contribution in [0, 0.1) is 0 Å². The van der Waals surface area contributed by atoms with Crippen LogP contribution in [0.5, 0.6) is 0 Å². The van der Waals surface area contributed by atoms with E-state index in [2.05, 4.69) is 5.10 Å². The molecule has 10 heteroatoms. The zero-order chi connectivity index (χ0) is 19.0. The molecule has 0 bridgehead atoms. The zero-order valence-electron chi connectivity index (χ0n) is 14.6. The molecule has 0 atom stereocenters. The topological polar surface area (TPSA) is 67.7 Å². The summed E-state index contributed by atoms with van der Waals surface area (Å²) in [5.74, 6) is -0.746. The third-order valence-electron chi connectivity index (χ3n) is 3.55. The SMILES string of the molecule is Cn1cc(C(=O)N2CCN(C(=O)OC(C)(C)C)CC2)c(C(F)(F)F)n1. The van der Waals surface area contributed by atoms with E-state index in [1.165, 1.54) is 16.8 Å². The highest BCUT2D eigenvalue weighted by Gasteiger charge is 2.40. The molecule has 1 aliphatic heterocycles. The van der Waals surface area contributed by atoms with Crippen molar-refractivity contribution >= 4 is 12.0 Å². The summed E-state index contributed by atoms with van der Waals surface area (Å²) < 4.78 is 45.2. The summed E-state index contributed by atoms with van der Waals surface area (Å²) in [6, 6.07) is 0. The first kappa shape index (κ1) is 19.1. The van der Waals surface area contributed by atoms with Crippen molar-refractivity contribution in [3.8, 4) is 0 Å². The van der Waals surface area contributed by atoms with E-state index in [-0.39, 0.29) is 26.2 Å². The Morgan fingerprint density at radius 2 is 1.60 bits per heavy atom. The summed E-state index contributed by atoms with van der Waals surface area (Å²) in [4.78, 5) is 27.1. The van der Waals surface area contributed by atoms with Gasteiger partial charge in [-0.15, -0.1) is 0 Å². The van der Waals surface area contributed by atoms with Gasteiger partial charge in [0.1, 0.15) is 5.60 Å². The van der Waals surface area contributed by atoms with Gasteiger partial charge in [-0.25, -0.2) is 4.79 Å².